The second-order valence-electron chi connectivity index (χ2n) is 4.75. The molecule has 3 rings (SSSR count). The van der Waals surface area contributed by atoms with Gasteiger partial charge in [-0.25, -0.2) is 0 Å². The maximum atomic E-state index is 6.06. The molecule has 0 unspecified atom stereocenters. The van der Waals surface area contributed by atoms with Crippen molar-refractivity contribution in [1.29, 1.82) is 0 Å². The molecule has 0 spiro atoms. The van der Waals surface area contributed by atoms with E-state index < -0.39 is 0 Å². The van der Waals surface area contributed by atoms with Gasteiger partial charge in [0.1, 0.15) is 0 Å². The first-order chi connectivity index (χ1) is 10.1. The van der Waals surface area contributed by atoms with Crippen LogP contribution in [0.5, 0.6) is 0 Å². The summed E-state index contributed by atoms with van der Waals surface area (Å²) < 4.78 is 6.44. The predicted molar refractivity (Wildman–Crippen MR) is 89.2 cm³/mol. The number of nitrogens with two attached hydrogens (primary N) is 1. The summed E-state index contributed by atoms with van der Waals surface area (Å²) in [5, 5.41) is 4.54. The van der Waals surface area contributed by atoms with Gasteiger partial charge in [0.15, 0.2) is 11.6 Å². The smallest absolute Gasteiger partial charge is 0.176 e. The van der Waals surface area contributed by atoms with Crippen molar-refractivity contribution >= 4 is 33.3 Å². The normalized spacial score (nSPS) is 10.8. The summed E-state index contributed by atoms with van der Waals surface area (Å²) in [6.07, 6.45) is 0. The van der Waals surface area contributed by atoms with E-state index in [0.717, 1.165) is 26.7 Å². The van der Waals surface area contributed by atoms with Crippen molar-refractivity contribution in [2.75, 3.05) is 5.73 Å². The zero-order valence-electron chi connectivity index (χ0n) is 11.2. The van der Waals surface area contributed by atoms with E-state index >= 15 is 0 Å². The number of rotatable bonds is 2. The third kappa shape index (κ3) is 2.69. The molecule has 0 radical (unpaired) electrons. The number of nitrogen functional groups attached to an aromatic ring is 1. The highest BCUT2D eigenvalue weighted by atomic mass is 79.9. The molecule has 0 bridgehead atoms. The Kier molecular flexibility index (Phi) is 3.74. The van der Waals surface area contributed by atoms with Crippen LogP contribution in [0.1, 0.15) is 5.56 Å². The Balaban J connectivity index is 2.19. The van der Waals surface area contributed by atoms with E-state index in [-0.39, 0.29) is 0 Å². The summed E-state index contributed by atoms with van der Waals surface area (Å²) in [6, 6.07) is 13.5. The Morgan fingerprint density at radius 3 is 2.67 bits per heavy atom. The van der Waals surface area contributed by atoms with Crippen molar-refractivity contribution in [2.45, 2.75) is 6.92 Å². The average molecular weight is 364 g/mol. The number of hydrogen-bond acceptors (Lipinski definition) is 3. The van der Waals surface area contributed by atoms with E-state index in [1.165, 1.54) is 0 Å². The van der Waals surface area contributed by atoms with Gasteiger partial charge in [-0.1, -0.05) is 57.0 Å². The Hall–Kier alpha value is -1.78. The molecule has 2 N–H and O–H groups in total. The van der Waals surface area contributed by atoms with Crippen LogP contribution in [0, 0.1) is 6.92 Å². The molecule has 2 aromatic carbocycles. The van der Waals surface area contributed by atoms with Gasteiger partial charge in [0, 0.05) is 15.1 Å². The molecule has 3 nitrogen and oxygen atoms in total. The van der Waals surface area contributed by atoms with Crippen molar-refractivity contribution in [3.63, 3.8) is 0 Å². The largest absolute Gasteiger partial charge is 0.380 e. The highest BCUT2D eigenvalue weighted by Crippen LogP contribution is 2.38. The molecule has 0 aliphatic rings. The van der Waals surface area contributed by atoms with Crippen molar-refractivity contribution in [2.24, 2.45) is 0 Å². The minimum absolute atomic E-state index is 0.351. The molecule has 0 saturated carbocycles. The van der Waals surface area contributed by atoms with Gasteiger partial charge in [-0.3, -0.25) is 0 Å². The number of nitrogens with zero attached hydrogens (tertiary/aromatic N) is 1. The summed E-state index contributed by atoms with van der Waals surface area (Å²) in [5.41, 5.74) is 9.67. The van der Waals surface area contributed by atoms with Gasteiger partial charge in [-0.2, -0.15) is 0 Å². The minimum Gasteiger partial charge on any atom is -0.380 e. The fourth-order valence-corrected chi connectivity index (χ4v) is 2.73. The molecule has 21 heavy (non-hydrogen) atoms. The van der Waals surface area contributed by atoms with Crippen molar-refractivity contribution in [3.8, 4) is 22.5 Å². The van der Waals surface area contributed by atoms with Gasteiger partial charge >= 0.3 is 0 Å². The lowest BCUT2D eigenvalue weighted by Crippen LogP contribution is -1.89. The molecule has 0 saturated heterocycles. The molecule has 1 heterocycles. The second-order valence-corrected chi connectivity index (χ2v) is 6.04. The van der Waals surface area contributed by atoms with Gasteiger partial charge in [0.2, 0.25) is 0 Å². The van der Waals surface area contributed by atoms with Crippen LogP contribution in [-0.4, -0.2) is 5.16 Å². The van der Waals surface area contributed by atoms with E-state index in [1.54, 1.807) is 0 Å². The molecule has 1 aromatic heterocycles. The molecule has 106 valence electrons. The maximum Gasteiger partial charge on any atom is 0.176 e. The maximum absolute atomic E-state index is 6.06. The fraction of sp³-hybridized carbons (Fsp3) is 0.0625. The number of aryl methyl sites for hydroxylation is 1. The monoisotopic (exact) mass is 362 g/mol. The molecule has 3 aromatic rings. The van der Waals surface area contributed by atoms with E-state index in [2.05, 4.69) is 21.1 Å². The lowest BCUT2D eigenvalue weighted by atomic mass is 10.0. The van der Waals surface area contributed by atoms with E-state index in [1.807, 2.05) is 49.4 Å². The van der Waals surface area contributed by atoms with Gasteiger partial charge in [-0.15, -0.1) is 0 Å². The van der Waals surface area contributed by atoms with Crippen LogP contribution in [0.15, 0.2) is 51.5 Å². The zero-order chi connectivity index (χ0) is 15.0. The van der Waals surface area contributed by atoms with Crippen LogP contribution in [-0.2, 0) is 0 Å². The van der Waals surface area contributed by atoms with Gasteiger partial charge in [0.05, 0.1) is 5.56 Å². The molecule has 0 aliphatic heterocycles. The lowest BCUT2D eigenvalue weighted by molar-refractivity contribution is 0.436. The van der Waals surface area contributed by atoms with Gasteiger partial charge in [-0.05, 0) is 36.2 Å². The van der Waals surface area contributed by atoms with Crippen LogP contribution in [0.4, 0.5) is 5.82 Å². The number of halogens is 2. The summed E-state index contributed by atoms with van der Waals surface area (Å²) >= 11 is 9.59. The molecule has 0 fully saturated rings. The Labute approximate surface area is 135 Å². The third-order valence-corrected chi connectivity index (χ3v) is 4.36. The molecule has 0 aliphatic carbocycles. The van der Waals surface area contributed by atoms with Crippen LogP contribution in [0.2, 0.25) is 5.02 Å². The number of aromatic nitrogens is 1. The fourth-order valence-electron chi connectivity index (χ4n) is 2.16. The van der Waals surface area contributed by atoms with Gasteiger partial charge < -0.3 is 10.3 Å². The predicted octanol–water partition coefficient (Wildman–Crippen LogP) is 5.32. The van der Waals surface area contributed by atoms with Crippen LogP contribution in [0.3, 0.4) is 0 Å². The summed E-state index contributed by atoms with van der Waals surface area (Å²) in [6.45, 7) is 2.03. The molecular formula is C16H12BrClN2O. The van der Waals surface area contributed by atoms with Crippen LogP contribution >= 0.6 is 27.5 Å². The van der Waals surface area contributed by atoms with Gasteiger partial charge in [0.25, 0.3) is 0 Å². The first-order valence-corrected chi connectivity index (χ1v) is 7.51. The molecule has 0 amide bonds. The quantitative estimate of drug-likeness (QED) is 0.671. The SMILES string of the molecule is Cc1ccc(-c2onc(N)c2-c2cccc(Cl)c2)cc1Br. The molecule has 0 atom stereocenters. The average Bonchev–Trinajstić information content (AvgIpc) is 2.84. The summed E-state index contributed by atoms with van der Waals surface area (Å²) in [4.78, 5) is 0. The molecule has 5 heteroatoms. The van der Waals surface area contributed by atoms with E-state index in [4.69, 9.17) is 21.9 Å². The minimum atomic E-state index is 0.351. The Morgan fingerprint density at radius 2 is 1.95 bits per heavy atom. The first kappa shape index (κ1) is 14.2. The highest BCUT2D eigenvalue weighted by molar-refractivity contribution is 9.10. The second kappa shape index (κ2) is 5.54. The van der Waals surface area contributed by atoms with E-state index in [0.29, 0.717) is 16.6 Å². The zero-order valence-corrected chi connectivity index (χ0v) is 13.6. The number of anilines is 1. The van der Waals surface area contributed by atoms with Crippen LogP contribution < -0.4 is 5.73 Å². The van der Waals surface area contributed by atoms with Crippen LogP contribution in [0.25, 0.3) is 22.5 Å². The summed E-state index contributed by atoms with van der Waals surface area (Å²) in [7, 11) is 0. The number of benzene rings is 2. The van der Waals surface area contributed by atoms with Crippen molar-refractivity contribution < 1.29 is 4.52 Å². The van der Waals surface area contributed by atoms with Crippen molar-refractivity contribution in [3.05, 3.63) is 57.5 Å². The Morgan fingerprint density at radius 1 is 1.14 bits per heavy atom. The standard InChI is InChI=1S/C16H12BrClN2O/c1-9-5-6-11(8-13(9)17)15-14(16(19)20-21-15)10-3-2-4-12(18)7-10/h2-8H,1H3,(H2,19,20). The molecular weight excluding hydrogens is 352 g/mol. The summed E-state index contributed by atoms with van der Waals surface area (Å²) in [5.74, 6) is 0.986. The van der Waals surface area contributed by atoms with Crippen molar-refractivity contribution in [1.82, 2.24) is 5.16 Å². The Bertz CT molecular complexity index is 814. The topological polar surface area (TPSA) is 52.0 Å². The van der Waals surface area contributed by atoms with E-state index in [9.17, 15) is 0 Å². The first-order valence-electron chi connectivity index (χ1n) is 6.34. The number of hydrogen-bond donors (Lipinski definition) is 1. The third-order valence-electron chi connectivity index (χ3n) is 3.27. The highest BCUT2D eigenvalue weighted by Gasteiger charge is 2.18. The lowest BCUT2D eigenvalue weighted by Gasteiger charge is -2.05.